The number of halogens is 1. The molecule has 0 spiro atoms. The van der Waals surface area contributed by atoms with Gasteiger partial charge < -0.3 is 19.3 Å². The van der Waals surface area contributed by atoms with Gasteiger partial charge in [0.15, 0.2) is 18.1 Å². The molecular weight excluding hydrogens is 387 g/mol. The Balaban J connectivity index is 1.24. The van der Waals surface area contributed by atoms with Crippen LogP contribution in [-0.4, -0.2) is 61.5 Å². The van der Waals surface area contributed by atoms with E-state index >= 15 is 0 Å². The SMILES string of the molecule is COc1ccccc1OCC(=O)N1CCN(C(=O)C2CC2c2ccc(F)cc2)CC1. The summed E-state index contributed by atoms with van der Waals surface area (Å²) in [6.07, 6.45) is 0.802. The molecule has 6 nitrogen and oxygen atoms in total. The van der Waals surface area contributed by atoms with Crippen LogP contribution >= 0.6 is 0 Å². The van der Waals surface area contributed by atoms with E-state index in [1.807, 2.05) is 17.0 Å². The lowest BCUT2D eigenvalue weighted by atomic mass is 10.1. The quantitative estimate of drug-likeness (QED) is 0.732. The number of methoxy groups -OCH3 is 1. The first-order valence-corrected chi connectivity index (χ1v) is 10.1. The molecule has 2 fully saturated rings. The first-order valence-electron chi connectivity index (χ1n) is 10.1. The number of hydrogen-bond acceptors (Lipinski definition) is 4. The van der Waals surface area contributed by atoms with E-state index in [0.717, 1.165) is 12.0 Å². The molecule has 1 aliphatic carbocycles. The Morgan fingerprint density at radius 2 is 1.60 bits per heavy atom. The molecule has 2 atom stereocenters. The van der Waals surface area contributed by atoms with E-state index < -0.39 is 0 Å². The Kier molecular flexibility index (Phi) is 5.88. The number of carbonyl (C=O) groups excluding carboxylic acids is 2. The Hall–Kier alpha value is -3.09. The van der Waals surface area contributed by atoms with E-state index in [1.54, 1.807) is 36.3 Å². The molecule has 0 radical (unpaired) electrons. The fourth-order valence-corrected chi connectivity index (χ4v) is 3.93. The van der Waals surface area contributed by atoms with Gasteiger partial charge in [-0.3, -0.25) is 9.59 Å². The van der Waals surface area contributed by atoms with Crippen LogP contribution in [0.5, 0.6) is 11.5 Å². The zero-order chi connectivity index (χ0) is 21.1. The molecule has 1 saturated carbocycles. The molecule has 4 rings (SSSR count). The van der Waals surface area contributed by atoms with Crippen LogP contribution < -0.4 is 9.47 Å². The molecule has 1 aliphatic heterocycles. The summed E-state index contributed by atoms with van der Waals surface area (Å²) in [6, 6.07) is 13.6. The molecule has 2 aliphatic rings. The standard InChI is InChI=1S/C23H25FN2O4/c1-29-20-4-2-3-5-21(20)30-15-22(27)25-10-12-26(13-11-25)23(28)19-14-18(19)16-6-8-17(24)9-7-16/h2-9,18-19H,10-15H2,1H3. The fraction of sp³-hybridized carbons (Fsp3) is 0.391. The van der Waals surface area contributed by atoms with Crippen molar-refractivity contribution in [1.82, 2.24) is 9.80 Å². The highest BCUT2D eigenvalue weighted by atomic mass is 19.1. The highest BCUT2D eigenvalue weighted by Gasteiger charge is 2.46. The van der Waals surface area contributed by atoms with Crippen LogP contribution in [0.2, 0.25) is 0 Å². The molecule has 30 heavy (non-hydrogen) atoms. The number of benzene rings is 2. The molecule has 0 aromatic heterocycles. The lowest BCUT2D eigenvalue weighted by Crippen LogP contribution is -2.52. The molecule has 2 amide bonds. The fourth-order valence-electron chi connectivity index (χ4n) is 3.93. The molecule has 2 unspecified atom stereocenters. The summed E-state index contributed by atoms with van der Waals surface area (Å²) in [5, 5.41) is 0. The Labute approximate surface area is 175 Å². The molecular formula is C23H25FN2O4. The smallest absolute Gasteiger partial charge is 0.260 e. The minimum absolute atomic E-state index is 0.0356. The van der Waals surface area contributed by atoms with Gasteiger partial charge in [-0.05, 0) is 42.2 Å². The Morgan fingerprint density at radius 3 is 2.27 bits per heavy atom. The van der Waals surface area contributed by atoms with E-state index in [-0.39, 0.29) is 36.1 Å². The number of nitrogens with zero attached hydrogens (tertiary/aromatic N) is 2. The highest BCUT2D eigenvalue weighted by Crippen LogP contribution is 2.48. The molecule has 1 saturated heterocycles. The van der Waals surface area contributed by atoms with E-state index in [1.165, 1.54) is 12.1 Å². The summed E-state index contributed by atoms with van der Waals surface area (Å²) in [7, 11) is 1.56. The van der Waals surface area contributed by atoms with E-state index in [2.05, 4.69) is 0 Å². The second kappa shape index (κ2) is 8.73. The van der Waals surface area contributed by atoms with Crippen LogP contribution in [0.3, 0.4) is 0 Å². The van der Waals surface area contributed by atoms with Gasteiger partial charge in [0.05, 0.1) is 7.11 Å². The second-order valence-corrected chi connectivity index (χ2v) is 7.65. The van der Waals surface area contributed by atoms with Gasteiger partial charge in [-0.25, -0.2) is 4.39 Å². The predicted octanol–water partition coefficient (Wildman–Crippen LogP) is 2.69. The van der Waals surface area contributed by atoms with Crippen molar-refractivity contribution < 1.29 is 23.5 Å². The van der Waals surface area contributed by atoms with Crippen molar-refractivity contribution in [3.8, 4) is 11.5 Å². The van der Waals surface area contributed by atoms with Gasteiger partial charge >= 0.3 is 0 Å². The monoisotopic (exact) mass is 412 g/mol. The number of rotatable bonds is 6. The van der Waals surface area contributed by atoms with Crippen molar-refractivity contribution in [3.05, 3.63) is 59.9 Å². The maximum absolute atomic E-state index is 13.1. The van der Waals surface area contributed by atoms with Crippen LogP contribution in [0.25, 0.3) is 0 Å². The molecule has 2 aromatic rings. The third kappa shape index (κ3) is 4.40. The van der Waals surface area contributed by atoms with E-state index in [4.69, 9.17) is 9.47 Å². The van der Waals surface area contributed by atoms with Gasteiger partial charge in [0, 0.05) is 32.1 Å². The third-order valence-electron chi connectivity index (χ3n) is 5.77. The first-order chi connectivity index (χ1) is 14.6. The number of hydrogen-bond donors (Lipinski definition) is 0. The van der Waals surface area contributed by atoms with Crippen molar-refractivity contribution in [1.29, 1.82) is 0 Å². The molecule has 158 valence electrons. The third-order valence-corrected chi connectivity index (χ3v) is 5.77. The normalized spacial score (nSPS) is 20.6. The average molecular weight is 412 g/mol. The van der Waals surface area contributed by atoms with Gasteiger partial charge in [0.1, 0.15) is 5.82 Å². The van der Waals surface area contributed by atoms with Crippen molar-refractivity contribution >= 4 is 11.8 Å². The summed E-state index contributed by atoms with van der Waals surface area (Å²) in [4.78, 5) is 28.8. The number of carbonyl (C=O) groups is 2. The summed E-state index contributed by atoms with van der Waals surface area (Å²) >= 11 is 0. The second-order valence-electron chi connectivity index (χ2n) is 7.65. The van der Waals surface area contributed by atoms with Crippen LogP contribution in [0.4, 0.5) is 4.39 Å². The predicted molar refractivity (Wildman–Crippen MR) is 109 cm³/mol. The summed E-state index contributed by atoms with van der Waals surface area (Å²) in [5.74, 6) is 1.00. The number of para-hydroxylation sites is 2. The van der Waals surface area contributed by atoms with E-state index in [9.17, 15) is 14.0 Å². The van der Waals surface area contributed by atoms with Gasteiger partial charge in [0.25, 0.3) is 5.91 Å². The number of piperazine rings is 1. The van der Waals surface area contributed by atoms with E-state index in [0.29, 0.717) is 37.7 Å². The highest BCUT2D eigenvalue weighted by molar-refractivity contribution is 5.83. The lowest BCUT2D eigenvalue weighted by molar-refractivity contribution is -0.141. The van der Waals surface area contributed by atoms with Gasteiger partial charge in [-0.1, -0.05) is 24.3 Å². The molecule has 0 N–H and O–H groups in total. The average Bonchev–Trinajstić information content (AvgIpc) is 3.58. The largest absolute Gasteiger partial charge is 0.493 e. The van der Waals surface area contributed by atoms with Gasteiger partial charge in [-0.15, -0.1) is 0 Å². The minimum Gasteiger partial charge on any atom is -0.493 e. The van der Waals surface area contributed by atoms with Crippen molar-refractivity contribution in [2.24, 2.45) is 5.92 Å². The van der Waals surface area contributed by atoms with Crippen molar-refractivity contribution in [2.45, 2.75) is 12.3 Å². The van der Waals surface area contributed by atoms with Crippen LogP contribution in [0.1, 0.15) is 17.9 Å². The summed E-state index contributed by atoms with van der Waals surface area (Å²) in [6.45, 7) is 1.96. The Morgan fingerprint density at radius 1 is 0.967 bits per heavy atom. The molecule has 0 bridgehead atoms. The number of amides is 2. The van der Waals surface area contributed by atoms with Gasteiger partial charge in [0.2, 0.25) is 5.91 Å². The summed E-state index contributed by atoms with van der Waals surface area (Å²) in [5.41, 5.74) is 1.01. The minimum atomic E-state index is -0.266. The molecule has 7 heteroatoms. The molecule has 1 heterocycles. The zero-order valence-electron chi connectivity index (χ0n) is 16.9. The maximum Gasteiger partial charge on any atom is 0.260 e. The van der Waals surface area contributed by atoms with Crippen LogP contribution in [0, 0.1) is 11.7 Å². The lowest BCUT2D eigenvalue weighted by Gasteiger charge is -2.35. The maximum atomic E-state index is 13.1. The Bertz CT molecular complexity index is 910. The topological polar surface area (TPSA) is 59.1 Å². The summed E-state index contributed by atoms with van der Waals surface area (Å²) < 4.78 is 23.9. The number of ether oxygens (including phenoxy) is 2. The van der Waals surface area contributed by atoms with Gasteiger partial charge in [-0.2, -0.15) is 0 Å². The van der Waals surface area contributed by atoms with Crippen LogP contribution in [0.15, 0.2) is 48.5 Å². The zero-order valence-corrected chi connectivity index (χ0v) is 16.9. The van der Waals surface area contributed by atoms with Crippen LogP contribution in [-0.2, 0) is 9.59 Å². The molecule has 2 aromatic carbocycles. The first kappa shape index (κ1) is 20.2. The van der Waals surface area contributed by atoms with Crippen molar-refractivity contribution in [3.63, 3.8) is 0 Å². The van der Waals surface area contributed by atoms with Crippen molar-refractivity contribution in [2.75, 3.05) is 39.9 Å².